The molecule has 0 radical (unpaired) electrons. The molecule has 3 rings (SSSR count). The molecule has 0 aliphatic carbocycles. The van der Waals surface area contributed by atoms with E-state index >= 15 is 0 Å². The number of hydrogen-bond acceptors (Lipinski definition) is 4. The first-order valence-corrected chi connectivity index (χ1v) is 9.84. The topological polar surface area (TPSA) is 91.3 Å². The molecule has 2 N–H and O–H groups in total. The highest BCUT2D eigenvalue weighted by atomic mass is 32.2. The highest BCUT2D eigenvalue weighted by Gasteiger charge is 2.38. The number of urea groups is 1. The van der Waals surface area contributed by atoms with E-state index in [1.54, 1.807) is 19.1 Å². The van der Waals surface area contributed by atoms with Gasteiger partial charge in [-0.25, -0.2) is 14.0 Å². The van der Waals surface area contributed by atoms with Crippen LogP contribution in [0.4, 0.5) is 4.79 Å². The molecule has 1 fully saturated rings. The Morgan fingerprint density at radius 2 is 1.64 bits per heavy atom. The first-order valence-electron chi connectivity index (χ1n) is 8.74. The van der Waals surface area contributed by atoms with Crippen molar-refractivity contribution in [1.82, 2.24) is 14.7 Å². The number of rotatable bonds is 8. The highest BCUT2D eigenvalue weighted by Crippen LogP contribution is 2.30. The Kier molecular flexibility index (Phi) is 6.50. The Labute approximate surface area is 166 Å². The van der Waals surface area contributed by atoms with Crippen LogP contribution in [0.3, 0.4) is 0 Å². The summed E-state index contributed by atoms with van der Waals surface area (Å²) >= 11 is -2.32. The summed E-state index contributed by atoms with van der Waals surface area (Å²) in [5.74, 6) is 1.50. The van der Waals surface area contributed by atoms with Gasteiger partial charge in [-0.2, -0.15) is 0 Å². The van der Waals surface area contributed by atoms with E-state index in [4.69, 9.17) is 14.0 Å². The molecule has 2 aromatic rings. The van der Waals surface area contributed by atoms with Crippen LogP contribution in [0.15, 0.2) is 48.5 Å². The number of hydrazine groups is 1. The lowest BCUT2D eigenvalue weighted by atomic mass is 10.1. The third kappa shape index (κ3) is 4.61. The summed E-state index contributed by atoms with van der Waals surface area (Å²) in [4.78, 5) is 16.8. The van der Waals surface area contributed by atoms with Gasteiger partial charge in [-0.3, -0.25) is 4.55 Å². The summed E-state index contributed by atoms with van der Waals surface area (Å²) in [6, 6.07) is 14.6. The molecular formula is C19H23N3O5S. The van der Waals surface area contributed by atoms with Crippen molar-refractivity contribution in [3.63, 3.8) is 0 Å². The number of carbonyl (C=O) groups excluding carboxylic acids is 1. The average molecular weight is 405 g/mol. The van der Waals surface area contributed by atoms with E-state index < -0.39 is 11.3 Å². The maximum atomic E-state index is 12.8. The fraction of sp³-hybridized carbons (Fsp3) is 0.316. The van der Waals surface area contributed by atoms with E-state index in [1.807, 2.05) is 48.5 Å². The molecule has 0 saturated carbocycles. The summed E-state index contributed by atoms with van der Waals surface area (Å²) in [7, 11) is 3.21. The first-order chi connectivity index (χ1) is 13.5. The molecule has 9 heteroatoms. The van der Waals surface area contributed by atoms with Gasteiger partial charge in [-0.15, -0.1) is 4.83 Å². The van der Waals surface area contributed by atoms with Crippen LogP contribution in [0.2, 0.25) is 0 Å². The number of ether oxygens (including phenoxy) is 2. The summed E-state index contributed by atoms with van der Waals surface area (Å²) in [5, 5.41) is 1.18. The lowest BCUT2D eigenvalue weighted by Gasteiger charge is -2.23. The van der Waals surface area contributed by atoms with Crippen LogP contribution >= 0.6 is 0 Å². The third-order valence-electron chi connectivity index (χ3n) is 4.70. The maximum Gasteiger partial charge on any atom is 0.335 e. The Morgan fingerprint density at radius 3 is 2.18 bits per heavy atom. The molecule has 1 aliphatic heterocycles. The van der Waals surface area contributed by atoms with E-state index in [1.165, 1.54) is 5.01 Å². The second kappa shape index (κ2) is 9.05. The highest BCUT2D eigenvalue weighted by molar-refractivity contribution is 7.77. The molecule has 2 atom stereocenters. The SMILES string of the molecule is COc1ccc(CCN2C(=O)N(NS(=O)O)CC2c2ccc(OC)cc2)cc1. The summed E-state index contributed by atoms with van der Waals surface area (Å²) in [5.41, 5.74) is 2.00. The summed E-state index contributed by atoms with van der Waals surface area (Å²) in [6.45, 7) is 0.734. The summed E-state index contributed by atoms with van der Waals surface area (Å²) < 4.78 is 30.6. The largest absolute Gasteiger partial charge is 0.497 e. The second-order valence-electron chi connectivity index (χ2n) is 6.31. The normalized spacial score (nSPS) is 17.7. The van der Waals surface area contributed by atoms with Crippen molar-refractivity contribution >= 4 is 17.3 Å². The number of methoxy groups -OCH3 is 2. The number of nitrogens with one attached hydrogen (secondary N) is 1. The van der Waals surface area contributed by atoms with Crippen LogP contribution in [-0.4, -0.2) is 52.0 Å². The molecule has 0 aromatic heterocycles. The fourth-order valence-corrected chi connectivity index (χ4v) is 3.55. The predicted molar refractivity (Wildman–Crippen MR) is 105 cm³/mol. The Balaban J connectivity index is 1.77. The molecular weight excluding hydrogens is 382 g/mol. The van der Waals surface area contributed by atoms with E-state index in [2.05, 4.69) is 4.83 Å². The van der Waals surface area contributed by atoms with Crippen LogP contribution in [0.25, 0.3) is 0 Å². The Morgan fingerprint density at radius 1 is 1.07 bits per heavy atom. The van der Waals surface area contributed by atoms with Gasteiger partial charge in [0.1, 0.15) is 11.5 Å². The molecule has 0 bridgehead atoms. The van der Waals surface area contributed by atoms with Gasteiger partial charge < -0.3 is 14.4 Å². The molecule has 0 spiro atoms. The quantitative estimate of drug-likeness (QED) is 0.658. The van der Waals surface area contributed by atoms with Gasteiger partial charge in [-0.1, -0.05) is 24.3 Å². The van der Waals surface area contributed by atoms with Crippen molar-refractivity contribution in [2.45, 2.75) is 12.5 Å². The second-order valence-corrected chi connectivity index (χ2v) is 6.99. The van der Waals surface area contributed by atoms with Crippen LogP contribution in [0, 0.1) is 0 Å². The van der Waals surface area contributed by atoms with E-state index in [9.17, 15) is 9.00 Å². The standard InChI is InChI=1S/C19H23N3O5S/c1-26-16-7-3-14(4-8-16)11-12-21-18(13-22(19(21)23)20-28(24)25)15-5-9-17(27-2)10-6-15/h3-10,18,20H,11-13H2,1-2H3,(H,24,25). The minimum Gasteiger partial charge on any atom is -0.497 e. The lowest BCUT2D eigenvalue weighted by molar-refractivity contribution is 0.182. The maximum absolute atomic E-state index is 12.8. The first kappa shape index (κ1) is 20.1. The fourth-order valence-electron chi connectivity index (χ4n) is 3.21. The van der Waals surface area contributed by atoms with Gasteiger partial charge in [0, 0.05) is 6.54 Å². The van der Waals surface area contributed by atoms with Gasteiger partial charge in [0.2, 0.25) is 0 Å². The van der Waals surface area contributed by atoms with Crippen molar-refractivity contribution in [1.29, 1.82) is 0 Å². The lowest BCUT2D eigenvalue weighted by Crippen LogP contribution is -2.42. The predicted octanol–water partition coefficient (Wildman–Crippen LogP) is 2.37. The monoisotopic (exact) mass is 405 g/mol. The van der Waals surface area contributed by atoms with Gasteiger partial charge in [0.05, 0.1) is 26.8 Å². The molecule has 2 unspecified atom stereocenters. The van der Waals surface area contributed by atoms with Crippen LogP contribution in [0.1, 0.15) is 17.2 Å². The van der Waals surface area contributed by atoms with Gasteiger partial charge in [-0.05, 0) is 41.8 Å². The molecule has 1 heterocycles. The number of hydrogen-bond donors (Lipinski definition) is 2. The van der Waals surface area contributed by atoms with Crippen molar-refractivity contribution < 1.29 is 23.0 Å². The number of nitrogens with zero attached hydrogens (tertiary/aromatic N) is 2. The molecule has 2 amide bonds. The zero-order valence-corrected chi connectivity index (χ0v) is 16.5. The van der Waals surface area contributed by atoms with Crippen molar-refractivity contribution in [2.24, 2.45) is 0 Å². The van der Waals surface area contributed by atoms with Gasteiger partial charge in [0.25, 0.3) is 11.3 Å². The third-order valence-corrected chi connectivity index (χ3v) is 5.07. The Bertz CT molecular complexity index is 828. The molecule has 1 saturated heterocycles. The van der Waals surface area contributed by atoms with Crippen LogP contribution < -0.4 is 14.3 Å². The van der Waals surface area contributed by atoms with Crippen molar-refractivity contribution in [2.75, 3.05) is 27.3 Å². The smallest absolute Gasteiger partial charge is 0.335 e. The zero-order chi connectivity index (χ0) is 20.1. The molecule has 2 aromatic carbocycles. The molecule has 28 heavy (non-hydrogen) atoms. The van der Waals surface area contributed by atoms with E-state index in [0.29, 0.717) is 13.0 Å². The van der Waals surface area contributed by atoms with E-state index in [-0.39, 0.29) is 18.6 Å². The zero-order valence-electron chi connectivity index (χ0n) is 15.7. The molecule has 150 valence electrons. The minimum absolute atomic E-state index is 0.243. The Hall–Kier alpha value is -2.62. The van der Waals surface area contributed by atoms with Crippen molar-refractivity contribution in [3.05, 3.63) is 59.7 Å². The average Bonchev–Trinajstić information content (AvgIpc) is 3.01. The summed E-state index contributed by atoms with van der Waals surface area (Å²) in [6.07, 6.45) is 0.651. The van der Waals surface area contributed by atoms with E-state index in [0.717, 1.165) is 22.6 Å². The van der Waals surface area contributed by atoms with Crippen LogP contribution in [-0.2, 0) is 17.7 Å². The van der Waals surface area contributed by atoms with Gasteiger partial charge in [0.15, 0.2) is 0 Å². The number of carbonyl (C=O) groups is 1. The van der Waals surface area contributed by atoms with Gasteiger partial charge >= 0.3 is 6.03 Å². The molecule has 1 aliphatic rings. The van der Waals surface area contributed by atoms with Crippen molar-refractivity contribution in [3.8, 4) is 11.5 Å². The minimum atomic E-state index is -2.32. The number of benzene rings is 2. The number of amides is 2. The molecule has 8 nitrogen and oxygen atoms in total. The van der Waals surface area contributed by atoms with Crippen LogP contribution in [0.5, 0.6) is 11.5 Å².